The molecular weight excluding hydrogens is 542 g/mol. The highest BCUT2D eigenvalue weighted by molar-refractivity contribution is 6.17. The first-order valence-electron chi connectivity index (χ1n) is 12.6. The number of pyridine rings is 2. The van der Waals surface area contributed by atoms with Crippen LogP contribution in [0, 0.1) is 11.9 Å². The average molecular weight is 573 g/mol. The van der Waals surface area contributed by atoms with Gasteiger partial charge in [0.15, 0.2) is 23.0 Å². The minimum Gasteiger partial charge on any atom is -0.493 e. The van der Waals surface area contributed by atoms with E-state index in [-0.39, 0.29) is 18.4 Å². The monoisotopic (exact) mass is 572 g/mol. The van der Waals surface area contributed by atoms with Crippen LogP contribution in [0.3, 0.4) is 0 Å². The summed E-state index contributed by atoms with van der Waals surface area (Å²) < 4.78 is 47.6. The fourth-order valence-electron chi connectivity index (χ4n) is 3.58. The number of benzene rings is 2. The van der Waals surface area contributed by atoms with Gasteiger partial charge in [0.25, 0.3) is 0 Å². The van der Waals surface area contributed by atoms with E-state index in [2.05, 4.69) is 9.97 Å². The predicted octanol–water partition coefficient (Wildman–Crippen LogP) is 7.14. The summed E-state index contributed by atoms with van der Waals surface area (Å²) in [5.41, 5.74) is 2.15. The Hall–Kier alpha value is -3.95. The SMILES string of the molecule is COc1cc(CCCCl)ccc1Oc1cccc(F)n1.COc1cc(CCCO)ccc1Oc1cccc(F)n1. The van der Waals surface area contributed by atoms with Crippen molar-refractivity contribution in [3.05, 3.63) is 95.8 Å². The fraction of sp³-hybridized carbons (Fsp3) is 0.267. The van der Waals surface area contributed by atoms with Gasteiger partial charge >= 0.3 is 0 Å². The molecule has 0 spiro atoms. The number of rotatable bonds is 12. The van der Waals surface area contributed by atoms with Crippen molar-refractivity contribution in [1.82, 2.24) is 9.97 Å². The summed E-state index contributed by atoms with van der Waals surface area (Å²) in [6.45, 7) is 0.147. The second-order valence-electron chi connectivity index (χ2n) is 8.39. The van der Waals surface area contributed by atoms with Crippen molar-refractivity contribution >= 4 is 11.6 Å². The minimum absolute atomic E-state index is 0.147. The van der Waals surface area contributed by atoms with Crippen molar-refractivity contribution in [3.63, 3.8) is 0 Å². The van der Waals surface area contributed by atoms with Crippen molar-refractivity contribution in [2.24, 2.45) is 0 Å². The molecule has 0 amide bonds. The van der Waals surface area contributed by atoms with Gasteiger partial charge < -0.3 is 24.1 Å². The molecule has 0 saturated heterocycles. The minimum atomic E-state index is -0.596. The molecule has 2 aromatic heterocycles. The Balaban J connectivity index is 0.000000220. The Kier molecular flexibility index (Phi) is 12.4. The number of alkyl halides is 1. The van der Waals surface area contributed by atoms with E-state index in [0.717, 1.165) is 30.4 Å². The van der Waals surface area contributed by atoms with Crippen molar-refractivity contribution in [2.75, 3.05) is 26.7 Å². The first-order valence-corrected chi connectivity index (χ1v) is 13.1. The third-order valence-electron chi connectivity index (χ3n) is 5.49. The number of nitrogens with zero attached hydrogens (tertiary/aromatic N) is 2. The van der Waals surface area contributed by atoms with Gasteiger partial charge in [-0.2, -0.15) is 18.7 Å². The van der Waals surface area contributed by atoms with E-state index in [1.165, 1.54) is 25.3 Å². The quantitative estimate of drug-likeness (QED) is 0.143. The molecule has 0 atom stereocenters. The van der Waals surface area contributed by atoms with Gasteiger partial charge in [0, 0.05) is 24.6 Å². The molecular formula is C30H31ClF2N2O5. The molecule has 0 unspecified atom stereocenters. The number of hydrogen-bond donors (Lipinski definition) is 1. The molecule has 4 aromatic rings. The average Bonchev–Trinajstić information content (AvgIpc) is 2.96. The molecule has 4 rings (SSSR count). The van der Waals surface area contributed by atoms with Crippen LogP contribution in [0.5, 0.6) is 34.8 Å². The van der Waals surface area contributed by atoms with Gasteiger partial charge in [0.2, 0.25) is 23.7 Å². The number of aryl methyl sites for hydroxylation is 2. The van der Waals surface area contributed by atoms with Crippen LogP contribution in [0.4, 0.5) is 8.78 Å². The van der Waals surface area contributed by atoms with Crippen LogP contribution in [0.2, 0.25) is 0 Å². The smallest absolute Gasteiger partial charge is 0.222 e. The predicted molar refractivity (Wildman–Crippen MR) is 149 cm³/mol. The van der Waals surface area contributed by atoms with E-state index in [9.17, 15) is 8.78 Å². The Morgan fingerprint density at radius 2 is 1.15 bits per heavy atom. The lowest BCUT2D eigenvalue weighted by atomic mass is 10.1. The zero-order chi connectivity index (χ0) is 28.7. The van der Waals surface area contributed by atoms with Crippen LogP contribution < -0.4 is 18.9 Å². The lowest BCUT2D eigenvalue weighted by Gasteiger charge is -2.11. The normalized spacial score (nSPS) is 10.3. The second-order valence-corrected chi connectivity index (χ2v) is 8.77. The van der Waals surface area contributed by atoms with Crippen LogP contribution >= 0.6 is 11.6 Å². The number of hydrogen-bond acceptors (Lipinski definition) is 7. The molecule has 0 aliphatic rings. The Labute approximate surface area is 237 Å². The van der Waals surface area contributed by atoms with Crippen molar-refractivity contribution in [3.8, 4) is 34.8 Å². The Bertz CT molecular complexity index is 1260. The van der Waals surface area contributed by atoms with Gasteiger partial charge in [-0.25, -0.2) is 0 Å². The molecule has 10 heteroatoms. The molecule has 0 saturated carbocycles. The lowest BCUT2D eigenvalue weighted by molar-refractivity contribution is 0.288. The third kappa shape index (κ3) is 9.66. The summed E-state index contributed by atoms with van der Waals surface area (Å²) in [5, 5.41) is 8.83. The zero-order valence-electron chi connectivity index (χ0n) is 22.3. The molecule has 0 aliphatic carbocycles. The molecule has 0 aliphatic heterocycles. The number of ether oxygens (including phenoxy) is 4. The maximum atomic E-state index is 13.0. The van der Waals surface area contributed by atoms with Gasteiger partial charge in [-0.15, -0.1) is 11.6 Å². The van der Waals surface area contributed by atoms with Crippen LogP contribution in [0.25, 0.3) is 0 Å². The largest absolute Gasteiger partial charge is 0.493 e. The van der Waals surface area contributed by atoms with Crippen LogP contribution in [-0.4, -0.2) is 41.8 Å². The molecule has 0 radical (unpaired) electrons. The van der Waals surface area contributed by atoms with Crippen molar-refractivity contribution in [2.45, 2.75) is 25.7 Å². The fourth-order valence-corrected chi connectivity index (χ4v) is 3.71. The summed E-state index contributed by atoms with van der Waals surface area (Å²) in [6, 6.07) is 19.8. The number of methoxy groups -OCH3 is 2. The molecule has 2 aromatic carbocycles. The highest BCUT2D eigenvalue weighted by Crippen LogP contribution is 2.33. The van der Waals surface area contributed by atoms with Gasteiger partial charge in [-0.1, -0.05) is 24.3 Å². The van der Waals surface area contributed by atoms with Gasteiger partial charge in [-0.3, -0.25) is 0 Å². The summed E-state index contributed by atoms with van der Waals surface area (Å²) in [4.78, 5) is 7.29. The zero-order valence-corrected chi connectivity index (χ0v) is 23.0. The van der Waals surface area contributed by atoms with E-state index in [0.29, 0.717) is 35.3 Å². The molecule has 1 N–H and O–H groups in total. The maximum absolute atomic E-state index is 13.0. The molecule has 7 nitrogen and oxygen atoms in total. The number of aliphatic hydroxyl groups is 1. The van der Waals surface area contributed by atoms with Gasteiger partial charge in [-0.05, 0) is 73.2 Å². The first kappa shape index (κ1) is 30.6. The van der Waals surface area contributed by atoms with E-state index in [1.54, 1.807) is 37.4 Å². The summed E-state index contributed by atoms with van der Waals surface area (Å²) in [6.07, 6.45) is 3.22. The Morgan fingerprint density at radius 3 is 1.55 bits per heavy atom. The maximum Gasteiger partial charge on any atom is 0.222 e. The molecule has 0 fully saturated rings. The highest BCUT2D eigenvalue weighted by Gasteiger charge is 2.10. The molecule has 212 valence electrons. The van der Waals surface area contributed by atoms with E-state index in [1.807, 2.05) is 24.3 Å². The molecule has 40 heavy (non-hydrogen) atoms. The standard InChI is InChI=1S/C15H15ClFNO2.C15H16FNO3/c1-19-13-10-11(4-3-9-16)7-8-12(13)20-15-6-2-5-14(17)18-15;1-19-13-10-11(4-3-9-18)7-8-12(13)20-15-6-2-5-14(16)17-15/h2,5-8,10H,3-4,9H2,1H3;2,5-8,10,18H,3-4,9H2,1H3. The van der Waals surface area contributed by atoms with Crippen LogP contribution in [-0.2, 0) is 12.8 Å². The Morgan fingerprint density at radius 1 is 0.675 bits per heavy atom. The van der Waals surface area contributed by atoms with Gasteiger partial charge in [0.1, 0.15) is 0 Å². The van der Waals surface area contributed by atoms with E-state index >= 15 is 0 Å². The topological polar surface area (TPSA) is 82.9 Å². The highest BCUT2D eigenvalue weighted by atomic mass is 35.5. The number of halogens is 3. The second kappa shape index (κ2) is 16.2. The van der Waals surface area contributed by atoms with Crippen molar-refractivity contribution in [1.29, 1.82) is 0 Å². The summed E-state index contributed by atoms with van der Waals surface area (Å²) >= 11 is 5.68. The van der Waals surface area contributed by atoms with Crippen LogP contribution in [0.1, 0.15) is 24.0 Å². The number of aromatic nitrogens is 2. The lowest BCUT2D eigenvalue weighted by Crippen LogP contribution is -1.95. The van der Waals surface area contributed by atoms with Gasteiger partial charge in [0.05, 0.1) is 14.2 Å². The van der Waals surface area contributed by atoms with Crippen molar-refractivity contribution < 1.29 is 32.8 Å². The van der Waals surface area contributed by atoms with E-state index < -0.39 is 11.9 Å². The summed E-state index contributed by atoms with van der Waals surface area (Å²) in [7, 11) is 3.10. The molecule has 0 bridgehead atoms. The van der Waals surface area contributed by atoms with Crippen LogP contribution in [0.15, 0.2) is 72.8 Å². The first-order chi connectivity index (χ1) is 19.4. The number of aliphatic hydroxyl groups excluding tert-OH is 1. The molecule has 2 heterocycles. The summed E-state index contributed by atoms with van der Waals surface area (Å²) in [5.74, 6) is 1.91. The third-order valence-corrected chi connectivity index (χ3v) is 5.75. The van der Waals surface area contributed by atoms with E-state index in [4.69, 9.17) is 35.7 Å².